The van der Waals surface area contributed by atoms with E-state index in [-0.39, 0.29) is 24.9 Å². The molecule has 1 aromatic carbocycles. The molecule has 18 heavy (non-hydrogen) atoms. The molecule has 1 aromatic rings. The van der Waals surface area contributed by atoms with Crippen LogP contribution in [0.4, 0.5) is 0 Å². The number of aliphatic carboxylic acids is 1. The van der Waals surface area contributed by atoms with Crippen molar-refractivity contribution in [2.24, 2.45) is 5.92 Å². The van der Waals surface area contributed by atoms with Gasteiger partial charge in [0.25, 0.3) is 0 Å². The summed E-state index contributed by atoms with van der Waals surface area (Å²) in [6, 6.07) is 7.71. The van der Waals surface area contributed by atoms with Gasteiger partial charge in [0.15, 0.2) is 6.04 Å². The van der Waals surface area contributed by atoms with E-state index in [2.05, 4.69) is 0 Å². The Morgan fingerprint density at radius 1 is 1.39 bits per heavy atom. The first-order valence-corrected chi connectivity index (χ1v) is 5.81. The van der Waals surface area contributed by atoms with Crippen LogP contribution in [-0.2, 0) is 9.59 Å². The molecule has 1 aliphatic heterocycles. The summed E-state index contributed by atoms with van der Waals surface area (Å²) in [6.45, 7) is 0.199. The van der Waals surface area contributed by atoms with Gasteiger partial charge in [-0.25, -0.2) is 4.79 Å². The molecule has 1 amide bonds. The fourth-order valence-electron chi connectivity index (χ4n) is 2.27. The molecule has 2 N–H and O–H groups in total. The highest BCUT2D eigenvalue weighted by Gasteiger charge is 2.38. The average Bonchev–Trinajstić information content (AvgIpc) is 2.72. The van der Waals surface area contributed by atoms with Crippen molar-refractivity contribution in [1.29, 1.82) is 0 Å². The van der Waals surface area contributed by atoms with Crippen LogP contribution in [0.3, 0.4) is 0 Å². The second-order valence-electron chi connectivity index (χ2n) is 4.45. The van der Waals surface area contributed by atoms with E-state index in [4.69, 9.17) is 5.11 Å². The van der Waals surface area contributed by atoms with Gasteiger partial charge in [0, 0.05) is 25.5 Å². The Kier molecular flexibility index (Phi) is 3.62. The fourth-order valence-corrected chi connectivity index (χ4v) is 2.27. The third-order valence-corrected chi connectivity index (χ3v) is 3.16. The Balaban J connectivity index is 2.27. The van der Waals surface area contributed by atoms with Crippen LogP contribution in [0.2, 0.25) is 0 Å². The van der Waals surface area contributed by atoms with Crippen molar-refractivity contribution < 1.29 is 19.8 Å². The van der Waals surface area contributed by atoms with Gasteiger partial charge in [-0.05, 0) is 5.56 Å². The molecule has 96 valence electrons. The highest BCUT2D eigenvalue weighted by Crippen LogP contribution is 2.28. The van der Waals surface area contributed by atoms with Crippen LogP contribution in [0.1, 0.15) is 18.0 Å². The lowest BCUT2D eigenvalue weighted by molar-refractivity contribution is -0.148. The smallest absolute Gasteiger partial charge is 0.331 e. The number of hydrogen-bond acceptors (Lipinski definition) is 3. The van der Waals surface area contributed by atoms with Gasteiger partial charge in [-0.15, -0.1) is 0 Å². The highest BCUT2D eigenvalue weighted by atomic mass is 16.4. The lowest BCUT2D eigenvalue weighted by Crippen LogP contribution is -2.35. The van der Waals surface area contributed by atoms with Gasteiger partial charge in [0.2, 0.25) is 5.91 Å². The zero-order chi connectivity index (χ0) is 13.1. The largest absolute Gasteiger partial charge is 0.479 e. The van der Waals surface area contributed by atoms with Gasteiger partial charge in [-0.3, -0.25) is 4.79 Å². The molecular formula is C13H15NO4. The number of aliphatic hydroxyl groups is 1. The molecular weight excluding hydrogens is 234 g/mol. The standard InChI is InChI=1S/C13H15NO4/c15-8-9-6-11(16)14(7-9)12(13(17)18)10-4-2-1-3-5-10/h1-5,9,12,15H,6-8H2,(H,17,18). The SMILES string of the molecule is O=C(O)C(c1ccccc1)N1CC(CO)CC1=O. The summed E-state index contributed by atoms with van der Waals surface area (Å²) in [5.74, 6) is -1.43. The summed E-state index contributed by atoms with van der Waals surface area (Å²) in [5.41, 5.74) is 0.580. The minimum Gasteiger partial charge on any atom is -0.479 e. The van der Waals surface area contributed by atoms with Crippen LogP contribution >= 0.6 is 0 Å². The number of carbonyl (C=O) groups is 2. The van der Waals surface area contributed by atoms with Gasteiger partial charge in [-0.2, -0.15) is 0 Å². The van der Waals surface area contributed by atoms with Crippen LogP contribution in [0.25, 0.3) is 0 Å². The van der Waals surface area contributed by atoms with Crippen LogP contribution in [0, 0.1) is 5.92 Å². The van der Waals surface area contributed by atoms with Gasteiger partial charge >= 0.3 is 5.97 Å². The molecule has 0 saturated carbocycles. The zero-order valence-corrected chi connectivity index (χ0v) is 9.82. The van der Waals surface area contributed by atoms with E-state index in [0.29, 0.717) is 12.1 Å². The van der Waals surface area contributed by atoms with Gasteiger partial charge in [0.1, 0.15) is 0 Å². The number of amides is 1. The summed E-state index contributed by atoms with van der Waals surface area (Å²) < 4.78 is 0. The number of carboxylic acids is 1. The number of rotatable bonds is 4. The van der Waals surface area contributed by atoms with E-state index in [0.717, 1.165) is 0 Å². The van der Waals surface area contributed by atoms with Crippen LogP contribution in [0.5, 0.6) is 0 Å². The predicted octanol–water partition coefficient (Wildman–Crippen LogP) is 0.653. The van der Waals surface area contributed by atoms with E-state index < -0.39 is 12.0 Å². The van der Waals surface area contributed by atoms with Crippen molar-refractivity contribution in [3.8, 4) is 0 Å². The molecule has 1 saturated heterocycles. The zero-order valence-electron chi connectivity index (χ0n) is 9.82. The number of hydrogen-bond donors (Lipinski definition) is 2. The number of aliphatic hydroxyl groups excluding tert-OH is 1. The van der Waals surface area contributed by atoms with E-state index in [1.807, 2.05) is 0 Å². The molecule has 1 aliphatic rings. The Morgan fingerprint density at radius 3 is 2.56 bits per heavy atom. The van der Waals surface area contributed by atoms with Crippen molar-refractivity contribution in [3.63, 3.8) is 0 Å². The van der Waals surface area contributed by atoms with Crippen LogP contribution in [-0.4, -0.2) is 40.1 Å². The normalized spacial score (nSPS) is 21.1. The second-order valence-corrected chi connectivity index (χ2v) is 4.45. The summed E-state index contributed by atoms with van der Waals surface area (Å²) in [7, 11) is 0. The Bertz CT molecular complexity index is 446. The van der Waals surface area contributed by atoms with Crippen LogP contribution in [0.15, 0.2) is 30.3 Å². The molecule has 0 bridgehead atoms. The number of carbonyl (C=O) groups excluding carboxylic acids is 1. The minimum atomic E-state index is -1.05. The van der Waals surface area contributed by atoms with Crippen LogP contribution < -0.4 is 0 Å². The molecule has 2 unspecified atom stereocenters. The van der Waals surface area contributed by atoms with Crippen molar-refractivity contribution >= 4 is 11.9 Å². The second kappa shape index (κ2) is 5.18. The molecule has 5 heteroatoms. The molecule has 1 fully saturated rings. The lowest BCUT2D eigenvalue weighted by atomic mass is 10.1. The molecule has 5 nitrogen and oxygen atoms in total. The predicted molar refractivity (Wildman–Crippen MR) is 63.7 cm³/mol. The van der Waals surface area contributed by atoms with Gasteiger partial charge < -0.3 is 15.1 Å². The summed E-state index contributed by atoms with van der Waals surface area (Å²) >= 11 is 0. The first-order chi connectivity index (χ1) is 8.63. The van der Waals surface area contributed by atoms with Crippen molar-refractivity contribution in [3.05, 3.63) is 35.9 Å². The van der Waals surface area contributed by atoms with Gasteiger partial charge in [0.05, 0.1) is 0 Å². The maximum atomic E-state index is 11.8. The molecule has 2 rings (SSSR count). The van der Waals surface area contributed by atoms with Crippen molar-refractivity contribution in [1.82, 2.24) is 4.90 Å². The molecule has 0 spiro atoms. The topological polar surface area (TPSA) is 77.8 Å². The molecule has 0 aliphatic carbocycles. The van der Waals surface area contributed by atoms with E-state index in [9.17, 15) is 14.7 Å². The highest BCUT2D eigenvalue weighted by molar-refractivity contribution is 5.86. The van der Waals surface area contributed by atoms with Crippen molar-refractivity contribution in [2.45, 2.75) is 12.5 Å². The molecule has 2 atom stereocenters. The Hall–Kier alpha value is -1.88. The molecule has 0 aromatic heterocycles. The summed E-state index contributed by atoms with van der Waals surface area (Å²) in [6.07, 6.45) is 0.215. The summed E-state index contributed by atoms with van der Waals surface area (Å²) in [5, 5.41) is 18.4. The Labute approximate surface area is 105 Å². The third-order valence-electron chi connectivity index (χ3n) is 3.16. The van der Waals surface area contributed by atoms with Crippen molar-refractivity contribution in [2.75, 3.05) is 13.2 Å². The third kappa shape index (κ3) is 2.36. The van der Waals surface area contributed by atoms with E-state index in [1.54, 1.807) is 30.3 Å². The fraction of sp³-hybridized carbons (Fsp3) is 0.385. The number of carboxylic acid groups (broad SMARTS) is 1. The molecule has 0 radical (unpaired) electrons. The lowest BCUT2D eigenvalue weighted by Gasteiger charge is -2.24. The average molecular weight is 249 g/mol. The first kappa shape index (κ1) is 12.6. The monoisotopic (exact) mass is 249 g/mol. The number of benzene rings is 1. The maximum absolute atomic E-state index is 11.8. The molecule has 1 heterocycles. The van der Waals surface area contributed by atoms with E-state index >= 15 is 0 Å². The number of nitrogens with zero attached hydrogens (tertiary/aromatic N) is 1. The first-order valence-electron chi connectivity index (χ1n) is 5.81. The number of likely N-dealkylation sites (tertiary alicyclic amines) is 1. The van der Waals surface area contributed by atoms with E-state index in [1.165, 1.54) is 4.90 Å². The summed E-state index contributed by atoms with van der Waals surface area (Å²) in [4.78, 5) is 24.5. The quantitative estimate of drug-likeness (QED) is 0.821. The maximum Gasteiger partial charge on any atom is 0.331 e. The Morgan fingerprint density at radius 2 is 2.06 bits per heavy atom. The van der Waals surface area contributed by atoms with Gasteiger partial charge in [-0.1, -0.05) is 30.3 Å². The minimum absolute atomic E-state index is 0.0939.